The molecule has 1 aliphatic rings. The molecule has 1 fully saturated rings. The van der Waals surface area contributed by atoms with Gasteiger partial charge in [-0.25, -0.2) is 14.0 Å². The van der Waals surface area contributed by atoms with E-state index in [0.29, 0.717) is 41.0 Å². The number of aliphatic hydroxyl groups excluding tert-OH is 2. The highest BCUT2D eigenvalue weighted by Gasteiger charge is 2.25. The van der Waals surface area contributed by atoms with Gasteiger partial charge in [-0.15, -0.1) is 0 Å². The van der Waals surface area contributed by atoms with Gasteiger partial charge < -0.3 is 29.2 Å². The summed E-state index contributed by atoms with van der Waals surface area (Å²) in [7, 11) is 0. The maximum Gasteiger partial charge on any atom is 0.338 e. The van der Waals surface area contributed by atoms with Crippen molar-refractivity contribution in [3.05, 3.63) is 84.2 Å². The predicted octanol–water partition coefficient (Wildman–Crippen LogP) is 8.72. The van der Waals surface area contributed by atoms with E-state index >= 15 is 4.39 Å². The molecular formula is C41H49FO8. The van der Waals surface area contributed by atoms with Crippen LogP contribution in [-0.4, -0.2) is 48.6 Å². The molecule has 8 nitrogen and oxygen atoms in total. The molecule has 268 valence electrons. The fraction of sp³-hybridized carbons (Fsp3) is 0.415. The zero-order chi connectivity index (χ0) is 36.2. The summed E-state index contributed by atoms with van der Waals surface area (Å²) in [6.45, 7) is 12.5. The van der Waals surface area contributed by atoms with Crippen LogP contribution in [0.5, 0.6) is 23.0 Å². The van der Waals surface area contributed by atoms with Crippen molar-refractivity contribution in [1.29, 1.82) is 0 Å². The third-order valence-electron chi connectivity index (χ3n) is 8.83. The smallest absolute Gasteiger partial charge is 0.338 e. The molecule has 0 bridgehead atoms. The minimum Gasteiger partial charge on any atom is -0.491 e. The average molecular weight is 689 g/mol. The molecule has 0 amide bonds. The van der Waals surface area contributed by atoms with Gasteiger partial charge in [0.15, 0.2) is 11.5 Å². The first-order valence-corrected chi connectivity index (χ1v) is 17.4. The van der Waals surface area contributed by atoms with E-state index < -0.39 is 17.8 Å². The summed E-state index contributed by atoms with van der Waals surface area (Å²) < 4.78 is 39.4. The van der Waals surface area contributed by atoms with Crippen LogP contribution < -0.4 is 18.9 Å². The number of ether oxygens (including phenoxy) is 4. The minimum atomic E-state index is -0.695. The molecule has 0 radical (unpaired) electrons. The van der Waals surface area contributed by atoms with Crippen molar-refractivity contribution in [3.8, 4) is 45.3 Å². The molecule has 0 atom stereocenters. The molecule has 0 unspecified atom stereocenters. The van der Waals surface area contributed by atoms with Crippen molar-refractivity contribution in [3.63, 3.8) is 0 Å². The van der Waals surface area contributed by atoms with Gasteiger partial charge in [0.25, 0.3) is 0 Å². The summed E-state index contributed by atoms with van der Waals surface area (Å²) in [5.41, 5.74) is 2.87. The molecule has 0 heterocycles. The van der Waals surface area contributed by atoms with Gasteiger partial charge in [0.1, 0.15) is 23.9 Å². The van der Waals surface area contributed by atoms with Gasteiger partial charge in [0, 0.05) is 34.9 Å². The van der Waals surface area contributed by atoms with Crippen molar-refractivity contribution < 1.29 is 43.1 Å². The largest absolute Gasteiger partial charge is 0.491 e. The molecule has 0 aromatic heterocycles. The van der Waals surface area contributed by atoms with Gasteiger partial charge in [-0.1, -0.05) is 45.1 Å². The van der Waals surface area contributed by atoms with Crippen LogP contribution >= 0.6 is 0 Å². The molecule has 3 aromatic carbocycles. The van der Waals surface area contributed by atoms with Crippen LogP contribution in [0.2, 0.25) is 0 Å². The number of carbonyl (C=O) groups excluding carboxylic acids is 2. The Kier molecular flexibility index (Phi) is 14.2. The first kappa shape index (κ1) is 38.3. The van der Waals surface area contributed by atoms with Crippen LogP contribution in [0.25, 0.3) is 22.3 Å². The number of carbonyl (C=O) groups is 2. The molecule has 9 heteroatoms. The van der Waals surface area contributed by atoms with E-state index in [9.17, 15) is 19.8 Å². The van der Waals surface area contributed by atoms with Gasteiger partial charge in [-0.2, -0.15) is 0 Å². The Labute approximate surface area is 294 Å². The minimum absolute atomic E-state index is 0.0240. The third-order valence-corrected chi connectivity index (χ3v) is 8.83. The second-order valence-electron chi connectivity index (χ2n) is 13.0. The van der Waals surface area contributed by atoms with E-state index in [-0.39, 0.29) is 60.6 Å². The van der Waals surface area contributed by atoms with Crippen molar-refractivity contribution >= 4 is 11.9 Å². The molecule has 50 heavy (non-hydrogen) atoms. The number of esters is 2. The van der Waals surface area contributed by atoms with Crippen molar-refractivity contribution in [2.24, 2.45) is 5.92 Å². The Balaban J connectivity index is 1.87. The highest BCUT2D eigenvalue weighted by molar-refractivity contribution is 5.92. The molecule has 0 spiro atoms. The van der Waals surface area contributed by atoms with Gasteiger partial charge in [0.2, 0.25) is 0 Å². The van der Waals surface area contributed by atoms with E-state index in [0.717, 1.165) is 37.2 Å². The second-order valence-corrected chi connectivity index (χ2v) is 13.0. The molecular weight excluding hydrogens is 639 g/mol. The quantitative estimate of drug-likeness (QED) is 0.0627. The fourth-order valence-electron chi connectivity index (χ4n) is 6.21. The van der Waals surface area contributed by atoms with Gasteiger partial charge in [0.05, 0.1) is 13.2 Å². The van der Waals surface area contributed by atoms with E-state index in [1.165, 1.54) is 32.8 Å². The third kappa shape index (κ3) is 10.3. The van der Waals surface area contributed by atoms with E-state index in [1.807, 2.05) is 6.07 Å². The molecule has 1 saturated carbocycles. The molecule has 3 aromatic rings. The molecule has 0 aliphatic heterocycles. The van der Waals surface area contributed by atoms with Gasteiger partial charge >= 0.3 is 11.9 Å². The van der Waals surface area contributed by atoms with Crippen molar-refractivity contribution in [2.45, 2.75) is 78.1 Å². The predicted molar refractivity (Wildman–Crippen MR) is 192 cm³/mol. The summed E-state index contributed by atoms with van der Waals surface area (Å²) in [6, 6.07) is 13.4. The van der Waals surface area contributed by atoms with Crippen LogP contribution in [0.4, 0.5) is 4.39 Å². The van der Waals surface area contributed by atoms with Crippen LogP contribution in [0.3, 0.4) is 0 Å². The van der Waals surface area contributed by atoms with Gasteiger partial charge in [-0.05, 0) is 111 Å². The highest BCUT2D eigenvalue weighted by atomic mass is 19.1. The lowest BCUT2D eigenvalue weighted by molar-refractivity contribution is -0.131. The van der Waals surface area contributed by atoms with Crippen LogP contribution in [0.15, 0.2) is 72.8 Å². The molecule has 0 saturated heterocycles. The number of benzene rings is 3. The lowest BCUT2D eigenvalue weighted by Crippen LogP contribution is -2.13. The van der Waals surface area contributed by atoms with E-state index in [2.05, 4.69) is 20.1 Å². The lowest BCUT2D eigenvalue weighted by atomic mass is 9.77. The number of rotatable bonds is 17. The van der Waals surface area contributed by atoms with Crippen LogP contribution in [-0.2, 0) is 9.59 Å². The molecule has 4 rings (SSSR count). The highest BCUT2D eigenvalue weighted by Crippen LogP contribution is 2.46. The monoisotopic (exact) mass is 688 g/mol. The van der Waals surface area contributed by atoms with Gasteiger partial charge in [-0.3, -0.25) is 0 Å². The Bertz CT molecular complexity index is 1670. The SMILES string of the molecule is C=C(C)C(=O)Oc1cc(OCCO)cc(-c2cc(-c3ccc(C4CCC(CCC)CC4)cc3F)cc(OC(=O)C(=C)C)c2OCCCCO)c1. The topological polar surface area (TPSA) is 112 Å². The first-order chi connectivity index (χ1) is 24.0. The first-order valence-electron chi connectivity index (χ1n) is 17.4. The second kappa shape index (κ2) is 18.5. The Hall–Kier alpha value is -4.47. The summed E-state index contributed by atoms with van der Waals surface area (Å²) in [4.78, 5) is 25.4. The molecule has 2 N–H and O–H groups in total. The Morgan fingerprint density at radius 1 is 0.780 bits per heavy atom. The van der Waals surface area contributed by atoms with Crippen LogP contribution in [0.1, 0.15) is 83.6 Å². The maximum atomic E-state index is 16.1. The number of halogens is 1. The van der Waals surface area contributed by atoms with Crippen molar-refractivity contribution in [1.82, 2.24) is 0 Å². The normalized spacial score (nSPS) is 15.6. The Morgan fingerprint density at radius 2 is 1.46 bits per heavy atom. The number of hydrogen-bond donors (Lipinski definition) is 2. The maximum absolute atomic E-state index is 16.1. The fourth-order valence-corrected chi connectivity index (χ4v) is 6.21. The summed E-state index contributed by atoms with van der Waals surface area (Å²) in [5, 5.41) is 18.8. The molecule has 1 aliphatic carbocycles. The number of hydrogen-bond acceptors (Lipinski definition) is 8. The summed E-state index contributed by atoms with van der Waals surface area (Å²) >= 11 is 0. The lowest BCUT2D eigenvalue weighted by Gasteiger charge is -2.28. The van der Waals surface area contributed by atoms with Crippen molar-refractivity contribution in [2.75, 3.05) is 26.4 Å². The van der Waals surface area contributed by atoms with E-state index in [4.69, 9.17) is 18.9 Å². The number of unbranched alkanes of at least 4 members (excludes halogenated alkanes) is 1. The average Bonchev–Trinajstić information content (AvgIpc) is 3.09. The van der Waals surface area contributed by atoms with E-state index in [1.54, 1.807) is 36.4 Å². The zero-order valence-corrected chi connectivity index (χ0v) is 29.4. The Morgan fingerprint density at radius 3 is 2.10 bits per heavy atom. The standard InChI is InChI=1S/C41H49FO8/c1-6-9-28-10-12-29(13-11-28)30-14-15-35(37(42)23-30)32-22-36(39(48-18-8-7-16-43)38(24-32)50-41(46)27(4)5)31-20-33(47-19-17-44)25-34(21-31)49-40(45)26(2)3/h14-15,20-25,28-29,43-44H,2,4,6-13,16-19H2,1,3,5H3. The summed E-state index contributed by atoms with van der Waals surface area (Å²) in [5.74, 6) is -0.0958. The summed E-state index contributed by atoms with van der Waals surface area (Å²) in [6.07, 6.45) is 7.75. The number of aliphatic hydroxyl groups is 2. The zero-order valence-electron chi connectivity index (χ0n) is 29.4. The van der Waals surface area contributed by atoms with Crippen LogP contribution in [0, 0.1) is 11.7 Å².